The molecule has 33 heavy (non-hydrogen) atoms. The first kappa shape index (κ1) is 24.6. The number of rotatable bonds is 8. The van der Waals surface area contributed by atoms with Crippen LogP contribution in [0.3, 0.4) is 0 Å². The van der Waals surface area contributed by atoms with E-state index in [-0.39, 0.29) is 19.1 Å². The molecule has 1 saturated heterocycles. The molecule has 2 aromatic carbocycles. The number of oxime groups is 1. The standard InChI is InChI=1S/C24H28F3N3O3/c1-3-22(28-33-16-18-4-8-20(9-5-18)24(25,26)27)19-6-10-21(11-7-19)32-17-23(31)30-14-12-29(2)13-15-30/h4-11H,3,12-17H2,1-2H3/b28-22+. The van der Waals surface area contributed by atoms with Gasteiger partial charge in [0.25, 0.3) is 5.91 Å². The Morgan fingerprint density at radius 3 is 2.21 bits per heavy atom. The highest BCUT2D eigenvalue weighted by atomic mass is 19.4. The molecule has 0 unspecified atom stereocenters. The number of benzene rings is 2. The molecule has 178 valence electrons. The zero-order valence-corrected chi connectivity index (χ0v) is 18.8. The van der Waals surface area contributed by atoms with E-state index in [1.807, 2.05) is 31.0 Å². The minimum Gasteiger partial charge on any atom is -0.484 e. The van der Waals surface area contributed by atoms with Crippen LogP contribution in [0.2, 0.25) is 0 Å². The van der Waals surface area contributed by atoms with Gasteiger partial charge in [0.05, 0.1) is 11.3 Å². The molecule has 0 aliphatic carbocycles. The van der Waals surface area contributed by atoms with Crippen LogP contribution in [0.15, 0.2) is 53.7 Å². The fourth-order valence-corrected chi connectivity index (χ4v) is 3.33. The van der Waals surface area contributed by atoms with E-state index in [0.29, 0.717) is 36.5 Å². The van der Waals surface area contributed by atoms with E-state index >= 15 is 0 Å². The molecule has 1 heterocycles. The smallest absolute Gasteiger partial charge is 0.416 e. The number of nitrogens with zero attached hydrogens (tertiary/aromatic N) is 3. The summed E-state index contributed by atoms with van der Waals surface area (Å²) < 4.78 is 43.6. The van der Waals surface area contributed by atoms with Gasteiger partial charge in [0.2, 0.25) is 0 Å². The van der Waals surface area contributed by atoms with Gasteiger partial charge >= 0.3 is 6.18 Å². The molecule has 1 amide bonds. The molecule has 0 atom stereocenters. The van der Waals surface area contributed by atoms with Crippen LogP contribution in [0.4, 0.5) is 13.2 Å². The Morgan fingerprint density at radius 1 is 1.00 bits per heavy atom. The maximum Gasteiger partial charge on any atom is 0.416 e. The molecule has 3 rings (SSSR count). The van der Waals surface area contributed by atoms with E-state index in [0.717, 1.165) is 30.8 Å². The van der Waals surface area contributed by atoms with E-state index in [1.54, 1.807) is 12.1 Å². The van der Waals surface area contributed by atoms with E-state index < -0.39 is 11.7 Å². The van der Waals surface area contributed by atoms with Crippen molar-refractivity contribution in [2.45, 2.75) is 26.1 Å². The quantitative estimate of drug-likeness (QED) is 0.435. The number of likely N-dealkylation sites (N-methyl/N-ethyl adjacent to an activating group) is 1. The summed E-state index contributed by atoms with van der Waals surface area (Å²) in [5.74, 6) is 0.557. The third-order valence-corrected chi connectivity index (χ3v) is 5.43. The maximum atomic E-state index is 12.6. The van der Waals surface area contributed by atoms with Crippen molar-refractivity contribution in [1.82, 2.24) is 9.80 Å². The second-order valence-corrected chi connectivity index (χ2v) is 7.86. The fraction of sp³-hybridized carbons (Fsp3) is 0.417. The van der Waals surface area contributed by atoms with E-state index in [1.165, 1.54) is 12.1 Å². The van der Waals surface area contributed by atoms with Crippen LogP contribution >= 0.6 is 0 Å². The van der Waals surface area contributed by atoms with Crippen molar-refractivity contribution in [3.05, 3.63) is 65.2 Å². The predicted octanol–water partition coefficient (Wildman–Crippen LogP) is 4.19. The van der Waals surface area contributed by atoms with Gasteiger partial charge in [-0.3, -0.25) is 4.79 Å². The van der Waals surface area contributed by atoms with Crippen molar-refractivity contribution in [2.24, 2.45) is 5.16 Å². The summed E-state index contributed by atoms with van der Waals surface area (Å²) in [4.78, 5) is 21.6. The van der Waals surface area contributed by atoms with Gasteiger partial charge in [-0.1, -0.05) is 24.2 Å². The number of carbonyl (C=O) groups excluding carboxylic acids is 1. The van der Waals surface area contributed by atoms with Crippen LogP contribution in [-0.4, -0.2) is 61.3 Å². The monoisotopic (exact) mass is 463 g/mol. The normalized spacial score (nSPS) is 15.4. The van der Waals surface area contributed by atoms with Crippen LogP contribution in [0.5, 0.6) is 5.75 Å². The first-order valence-corrected chi connectivity index (χ1v) is 10.8. The van der Waals surface area contributed by atoms with Gasteiger partial charge in [-0.2, -0.15) is 13.2 Å². The summed E-state index contributed by atoms with van der Waals surface area (Å²) in [7, 11) is 2.04. The summed E-state index contributed by atoms with van der Waals surface area (Å²) in [6.45, 7) is 5.13. The zero-order valence-electron chi connectivity index (χ0n) is 18.8. The lowest BCUT2D eigenvalue weighted by Gasteiger charge is -2.32. The number of halogens is 3. The van der Waals surface area contributed by atoms with Gasteiger partial charge in [-0.25, -0.2) is 0 Å². The minimum atomic E-state index is -4.36. The van der Waals surface area contributed by atoms with Crippen molar-refractivity contribution in [3.8, 4) is 5.75 Å². The Kier molecular flexibility index (Phi) is 8.32. The largest absolute Gasteiger partial charge is 0.484 e. The predicted molar refractivity (Wildman–Crippen MR) is 119 cm³/mol. The lowest BCUT2D eigenvalue weighted by Crippen LogP contribution is -2.48. The third kappa shape index (κ3) is 7.21. The van der Waals surface area contributed by atoms with Crippen LogP contribution in [0.1, 0.15) is 30.0 Å². The van der Waals surface area contributed by atoms with Crippen molar-refractivity contribution in [2.75, 3.05) is 39.8 Å². The summed E-state index contributed by atoms with van der Waals surface area (Å²) >= 11 is 0. The Morgan fingerprint density at radius 2 is 1.64 bits per heavy atom. The fourth-order valence-electron chi connectivity index (χ4n) is 3.33. The second kappa shape index (κ2) is 11.2. The molecule has 6 nitrogen and oxygen atoms in total. The lowest BCUT2D eigenvalue weighted by molar-refractivity contribution is -0.137. The number of alkyl halides is 3. The number of ether oxygens (including phenoxy) is 1. The Bertz CT molecular complexity index is 936. The van der Waals surface area contributed by atoms with Crippen LogP contribution in [0, 0.1) is 0 Å². The molecule has 0 spiro atoms. The first-order valence-electron chi connectivity index (χ1n) is 10.8. The van der Waals surface area contributed by atoms with Crippen molar-refractivity contribution in [1.29, 1.82) is 0 Å². The highest BCUT2D eigenvalue weighted by Crippen LogP contribution is 2.29. The average molecular weight is 464 g/mol. The number of amides is 1. The molecule has 0 bridgehead atoms. The van der Waals surface area contributed by atoms with Gasteiger partial charge in [0.15, 0.2) is 6.61 Å². The number of hydrogen-bond donors (Lipinski definition) is 0. The highest BCUT2D eigenvalue weighted by Gasteiger charge is 2.29. The zero-order chi connectivity index (χ0) is 23.8. The Balaban J connectivity index is 1.50. The number of carbonyl (C=O) groups is 1. The lowest BCUT2D eigenvalue weighted by atomic mass is 10.1. The third-order valence-electron chi connectivity index (χ3n) is 5.43. The second-order valence-electron chi connectivity index (χ2n) is 7.86. The molecule has 0 aromatic heterocycles. The highest BCUT2D eigenvalue weighted by molar-refractivity contribution is 6.00. The van der Waals surface area contributed by atoms with E-state index in [9.17, 15) is 18.0 Å². The van der Waals surface area contributed by atoms with E-state index in [4.69, 9.17) is 9.57 Å². The molecule has 1 fully saturated rings. The molecule has 2 aromatic rings. The van der Waals surface area contributed by atoms with Crippen LogP contribution < -0.4 is 4.74 Å². The molecule has 1 aliphatic heterocycles. The molecule has 0 saturated carbocycles. The van der Waals surface area contributed by atoms with E-state index in [2.05, 4.69) is 10.1 Å². The minimum absolute atomic E-state index is 0.00593. The first-order chi connectivity index (χ1) is 15.8. The van der Waals surface area contributed by atoms with Crippen LogP contribution in [0.25, 0.3) is 0 Å². The SMILES string of the molecule is CC/C(=N\OCc1ccc(C(F)(F)F)cc1)c1ccc(OCC(=O)N2CCN(C)CC2)cc1. The number of piperazine rings is 1. The van der Waals surface area contributed by atoms with Gasteiger partial charge in [-0.05, 0) is 61.0 Å². The topological polar surface area (TPSA) is 54.4 Å². The summed E-state index contributed by atoms with van der Waals surface area (Å²) in [6.07, 6.45) is -3.75. The molecular weight excluding hydrogens is 435 g/mol. The summed E-state index contributed by atoms with van der Waals surface area (Å²) in [6, 6.07) is 12.0. The van der Waals surface area contributed by atoms with Gasteiger partial charge in [0.1, 0.15) is 12.4 Å². The molecule has 0 radical (unpaired) electrons. The van der Waals surface area contributed by atoms with Gasteiger partial charge < -0.3 is 19.4 Å². The maximum absolute atomic E-state index is 12.6. The van der Waals surface area contributed by atoms with Gasteiger partial charge in [-0.15, -0.1) is 0 Å². The van der Waals surface area contributed by atoms with Gasteiger partial charge in [0, 0.05) is 26.2 Å². The molecule has 9 heteroatoms. The molecule has 1 aliphatic rings. The Labute approximate surface area is 191 Å². The summed E-state index contributed by atoms with van der Waals surface area (Å²) in [5.41, 5.74) is 1.43. The Hall–Kier alpha value is -3.07. The molecular formula is C24H28F3N3O3. The van der Waals surface area contributed by atoms with Crippen molar-refractivity contribution in [3.63, 3.8) is 0 Å². The average Bonchev–Trinajstić information content (AvgIpc) is 2.81. The van der Waals surface area contributed by atoms with Crippen molar-refractivity contribution >= 4 is 11.6 Å². The molecule has 0 N–H and O–H groups in total. The van der Waals surface area contributed by atoms with Crippen LogP contribution in [-0.2, 0) is 22.4 Å². The van der Waals surface area contributed by atoms with Crippen molar-refractivity contribution < 1.29 is 27.5 Å². The summed E-state index contributed by atoms with van der Waals surface area (Å²) in [5, 5.41) is 4.14. The number of hydrogen-bond acceptors (Lipinski definition) is 5.